The van der Waals surface area contributed by atoms with Crippen LogP contribution in [0.4, 0.5) is 5.69 Å². The van der Waals surface area contributed by atoms with E-state index in [4.69, 9.17) is 9.72 Å². The van der Waals surface area contributed by atoms with Crippen LogP contribution in [-0.2, 0) is 16.1 Å². The van der Waals surface area contributed by atoms with Crippen molar-refractivity contribution in [2.45, 2.75) is 26.3 Å². The molecule has 1 fully saturated rings. The third-order valence-corrected chi connectivity index (χ3v) is 6.31. The van der Waals surface area contributed by atoms with E-state index in [0.29, 0.717) is 41.9 Å². The Morgan fingerprint density at radius 3 is 2.70 bits per heavy atom. The number of aromatic nitrogens is 2. The molecule has 2 aromatic carbocycles. The van der Waals surface area contributed by atoms with Crippen LogP contribution in [0.15, 0.2) is 47.3 Å². The normalized spacial score (nSPS) is 17.4. The Morgan fingerprint density at radius 1 is 1.12 bits per heavy atom. The number of carbonyl (C=O) groups is 1. The zero-order valence-corrected chi connectivity index (χ0v) is 18.8. The summed E-state index contributed by atoms with van der Waals surface area (Å²) in [6.45, 7) is 6.57. The second-order valence-corrected chi connectivity index (χ2v) is 8.71. The molecular formula is C26H28N4O3. The van der Waals surface area contributed by atoms with Crippen molar-refractivity contribution in [2.75, 3.05) is 38.2 Å². The highest BCUT2D eigenvalue weighted by molar-refractivity contribution is 5.94. The molecule has 170 valence electrons. The minimum Gasteiger partial charge on any atom is -0.379 e. The van der Waals surface area contributed by atoms with E-state index in [9.17, 15) is 9.59 Å². The summed E-state index contributed by atoms with van der Waals surface area (Å²) in [5, 5.41) is 3.53. The fraction of sp³-hybridized carbons (Fsp3) is 0.346. The van der Waals surface area contributed by atoms with Gasteiger partial charge in [0.15, 0.2) is 0 Å². The Bertz CT molecular complexity index is 1270. The maximum atomic E-state index is 13.1. The Balaban J connectivity index is 1.37. The SMILES string of the molecule is Cc1ccc(C=C2CCn3c2nc2cc(NC(=O)CCN4CCOCC4)ccc2c3=O)cc1. The monoisotopic (exact) mass is 444 g/mol. The summed E-state index contributed by atoms with van der Waals surface area (Å²) in [7, 11) is 0. The Morgan fingerprint density at radius 2 is 1.91 bits per heavy atom. The highest BCUT2D eigenvalue weighted by Crippen LogP contribution is 2.28. The van der Waals surface area contributed by atoms with Crippen LogP contribution in [0.5, 0.6) is 0 Å². The van der Waals surface area contributed by atoms with Gasteiger partial charge < -0.3 is 10.1 Å². The van der Waals surface area contributed by atoms with E-state index in [1.54, 1.807) is 22.8 Å². The van der Waals surface area contributed by atoms with Crippen LogP contribution >= 0.6 is 0 Å². The largest absolute Gasteiger partial charge is 0.379 e. The van der Waals surface area contributed by atoms with Crippen LogP contribution in [0.1, 0.15) is 29.8 Å². The van der Waals surface area contributed by atoms with E-state index in [1.165, 1.54) is 5.56 Å². The maximum absolute atomic E-state index is 13.1. The highest BCUT2D eigenvalue weighted by atomic mass is 16.5. The van der Waals surface area contributed by atoms with Gasteiger partial charge >= 0.3 is 0 Å². The molecule has 0 aliphatic carbocycles. The number of rotatable bonds is 5. The summed E-state index contributed by atoms with van der Waals surface area (Å²) in [6, 6.07) is 13.7. The molecule has 5 rings (SSSR count). The predicted octanol–water partition coefficient (Wildman–Crippen LogP) is 3.31. The highest BCUT2D eigenvalue weighted by Gasteiger charge is 2.21. The molecule has 3 heterocycles. The van der Waals surface area contributed by atoms with Crippen LogP contribution in [0, 0.1) is 6.92 Å². The van der Waals surface area contributed by atoms with Crippen molar-refractivity contribution in [2.24, 2.45) is 0 Å². The number of aryl methyl sites for hydroxylation is 1. The number of fused-ring (bicyclic) bond motifs is 2. The lowest BCUT2D eigenvalue weighted by Crippen LogP contribution is -2.38. The Kier molecular flexibility index (Phi) is 6.07. The molecule has 0 spiro atoms. The van der Waals surface area contributed by atoms with E-state index in [2.05, 4.69) is 47.5 Å². The Hall–Kier alpha value is -3.29. The smallest absolute Gasteiger partial charge is 0.261 e. The molecule has 2 aliphatic rings. The maximum Gasteiger partial charge on any atom is 0.261 e. The van der Waals surface area contributed by atoms with Gasteiger partial charge in [-0.15, -0.1) is 0 Å². The molecule has 3 aromatic rings. The number of anilines is 1. The van der Waals surface area contributed by atoms with E-state index in [1.807, 2.05) is 0 Å². The van der Waals surface area contributed by atoms with Gasteiger partial charge in [0, 0.05) is 38.3 Å². The van der Waals surface area contributed by atoms with Gasteiger partial charge in [0.2, 0.25) is 5.91 Å². The number of hydrogen-bond acceptors (Lipinski definition) is 5. The molecule has 0 unspecified atom stereocenters. The fourth-order valence-electron chi connectivity index (χ4n) is 4.40. The summed E-state index contributed by atoms with van der Waals surface area (Å²) < 4.78 is 7.10. The molecule has 1 aromatic heterocycles. The van der Waals surface area contributed by atoms with Crippen molar-refractivity contribution in [1.82, 2.24) is 14.5 Å². The molecule has 0 bridgehead atoms. The molecule has 33 heavy (non-hydrogen) atoms. The first-order valence-corrected chi connectivity index (χ1v) is 11.5. The van der Waals surface area contributed by atoms with Gasteiger partial charge in [-0.1, -0.05) is 29.8 Å². The van der Waals surface area contributed by atoms with Crippen molar-refractivity contribution < 1.29 is 9.53 Å². The number of nitrogens with one attached hydrogen (secondary N) is 1. The van der Waals surface area contributed by atoms with Crippen LogP contribution in [0.3, 0.4) is 0 Å². The lowest BCUT2D eigenvalue weighted by atomic mass is 10.1. The van der Waals surface area contributed by atoms with Crippen molar-refractivity contribution in [3.63, 3.8) is 0 Å². The molecule has 0 saturated carbocycles. The van der Waals surface area contributed by atoms with E-state index >= 15 is 0 Å². The van der Waals surface area contributed by atoms with Gasteiger partial charge in [0.25, 0.3) is 5.56 Å². The van der Waals surface area contributed by atoms with Crippen LogP contribution in [0.25, 0.3) is 22.6 Å². The second-order valence-electron chi connectivity index (χ2n) is 8.71. The van der Waals surface area contributed by atoms with Gasteiger partial charge in [0.05, 0.1) is 24.1 Å². The molecule has 7 heteroatoms. The Labute approximate surface area is 192 Å². The molecular weight excluding hydrogens is 416 g/mol. The summed E-state index contributed by atoms with van der Waals surface area (Å²) >= 11 is 0. The van der Waals surface area contributed by atoms with Gasteiger partial charge in [0.1, 0.15) is 5.82 Å². The minimum absolute atomic E-state index is 0.0347. The number of nitrogens with zero attached hydrogens (tertiary/aromatic N) is 3. The number of benzene rings is 2. The first-order chi connectivity index (χ1) is 16.1. The van der Waals surface area contributed by atoms with E-state index in [0.717, 1.165) is 43.9 Å². The fourth-order valence-corrected chi connectivity index (χ4v) is 4.40. The molecule has 1 N–H and O–H groups in total. The van der Waals surface area contributed by atoms with Gasteiger partial charge in [-0.3, -0.25) is 19.1 Å². The third kappa shape index (κ3) is 4.74. The second kappa shape index (κ2) is 9.29. The quantitative estimate of drug-likeness (QED) is 0.653. The van der Waals surface area contributed by atoms with E-state index in [-0.39, 0.29) is 11.5 Å². The summed E-state index contributed by atoms with van der Waals surface area (Å²) in [5.41, 5.74) is 4.59. The lowest BCUT2D eigenvalue weighted by molar-refractivity contribution is -0.116. The minimum atomic E-state index is -0.0429. The van der Waals surface area contributed by atoms with Crippen molar-refractivity contribution in [3.05, 3.63) is 69.8 Å². The predicted molar refractivity (Wildman–Crippen MR) is 130 cm³/mol. The molecule has 0 atom stereocenters. The van der Waals surface area contributed by atoms with Crippen LogP contribution in [0.2, 0.25) is 0 Å². The summed E-state index contributed by atoms with van der Waals surface area (Å²) in [4.78, 5) is 32.6. The van der Waals surface area contributed by atoms with Crippen LogP contribution < -0.4 is 10.9 Å². The first-order valence-electron chi connectivity index (χ1n) is 11.5. The summed E-state index contributed by atoms with van der Waals surface area (Å²) in [5.74, 6) is 0.669. The first kappa shape index (κ1) is 21.6. The zero-order valence-electron chi connectivity index (χ0n) is 18.8. The zero-order chi connectivity index (χ0) is 22.8. The standard InChI is InChI=1S/C26H28N4O3/c1-18-2-4-19(5-3-18)16-20-8-11-30-25(20)28-23-17-21(6-7-22(23)26(30)32)27-24(31)9-10-29-12-14-33-15-13-29/h2-7,16-17H,8-15H2,1H3,(H,27,31). The van der Waals surface area contributed by atoms with Gasteiger partial charge in [-0.2, -0.15) is 0 Å². The molecule has 1 amide bonds. The molecule has 2 aliphatic heterocycles. The van der Waals surface area contributed by atoms with Gasteiger partial charge in [-0.25, -0.2) is 4.98 Å². The van der Waals surface area contributed by atoms with Gasteiger partial charge in [-0.05, 0) is 48.8 Å². The number of ether oxygens (including phenoxy) is 1. The summed E-state index contributed by atoms with van der Waals surface area (Å²) in [6.07, 6.45) is 3.30. The van der Waals surface area contributed by atoms with Crippen molar-refractivity contribution >= 4 is 34.1 Å². The third-order valence-electron chi connectivity index (χ3n) is 6.31. The number of amides is 1. The van der Waals surface area contributed by atoms with Crippen molar-refractivity contribution in [1.29, 1.82) is 0 Å². The lowest BCUT2D eigenvalue weighted by Gasteiger charge is -2.26. The molecule has 7 nitrogen and oxygen atoms in total. The molecule has 0 radical (unpaired) electrons. The van der Waals surface area contributed by atoms with E-state index < -0.39 is 0 Å². The molecule has 1 saturated heterocycles. The number of allylic oxidation sites excluding steroid dienone is 1. The number of hydrogen-bond donors (Lipinski definition) is 1. The van der Waals surface area contributed by atoms with Crippen LogP contribution in [-0.4, -0.2) is 53.2 Å². The average Bonchev–Trinajstić information content (AvgIpc) is 3.22. The number of carbonyl (C=O) groups excluding carboxylic acids is 1. The van der Waals surface area contributed by atoms with Crippen molar-refractivity contribution in [3.8, 4) is 0 Å². The topological polar surface area (TPSA) is 76.5 Å². The average molecular weight is 445 g/mol. The number of morpholine rings is 1.